The Kier molecular flexibility index (Phi) is 5.18. The van der Waals surface area contributed by atoms with Crippen molar-refractivity contribution in [3.05, 3.63) is 63.5 Å². The van der Waals surface area contributed by atoms with Gasteiger partial charge in [-0.3, -0.25) is 9.69 Å². The van der Waals surface area contributed by atoms with Gasteiger partial charge in [0, 0.05) is 16.9 Å². The summed E-state index contributed by atoms with van der Waals surface area (Å²) in [6.45, 7) is 6.04. The molecule has 0 unspecified atom stereocenters. The van der Waals surface area contributed by atoms with E-state index in [-0.39, 0.29) is 5.91 Å². The zero-order valence-corrected chi connectivity index (χ0v) is 15.3. The van der Waals surface area contributed by atoms with Crippen LogP contribution < -0.4 is 0 Å². The van der Waals surface area contributed by atoms with Crippen LogP contribution in [-0.4, -0.2) is 27.5 Å². The van der Waals surface area contributed by atoms with Gasteiger partial charge >= 0.3 is 0 Å². The minimum Gasteiger partial charge on any atom is -0.282 e. The van der Waals surface area contributed by atoms with Crippen molar-refractivity contribution in [3.63, 3.8) is 0 Å². The molecule has 1 aromatic carbocycles. The molecule has 1 aliphatic rings. The van der Waals surface area contributed by atoms with E-state index in [1.807, 2.05) is 36.6 Å². The van der Waals surface area contributed by atoms with Crippen molar-refractivity contribution >= 4 is 57.0 Å². The Bertz CT molecular complexity index is 857. The summed E-state index contributed by atoms with van der Waals surface area (Å²) in [6, 6.07) is 7.38. The topological polar surface area (TPSA) is 45.6 Å². The smallest absolute Gasteiger partial charge is 0.267 e. The number of benzene rings is 1. The number of hydrogen-bond acceptors (Lipinski definition) is 5. The first kappa shape index (κ1) is 17.0. The highest BCUT2D eigenvalue weighted by atomic mass is 35.5. The van der Waals surface area contributed by atoms with Gasteiger partial charge in [0.15, 0.2) is 5.17 Å². The fraction of sp³-hybridized carbons (Fsp3) is 0.118. The quantitative estimate of drug-likeness (QED) is 0.564. The molecule has 7 heteroatoms. The minimum atomic E-state index is -0.0908. The number of nitrogens with zero attached hydrogens (tertiary/aromatic N) is 3. The fourth-order valence-corrected chi connectivity index (χ4v) is 4.01. The second-order valence-electron chi connectivity index (χ2n) is 5.04. The molecule has 2 aromatic rings. The summed E-state index contributed by atoms with van der Waals surface area (Å²) >= 11 is 8.80. The van der Waals surface area contributed by atoms with E-state index in [9.17, 15) is 4.79 Å². The molecular weight excluding hydrogens is 362 g/mol. The number of aliphatic imine (C=N–C) groups is 1. The van der Waals surface area contributed by atoms with Crippen molar-refractivity contribution in [2.45, 2.75) is 6.92 Å². The van der Waals surface area contributed by atoms with Gasteiger partial charge in [-0.25, -0.2) is 4.98 Å². The largest absolute Gasteiger partial charge is 0.282 e. The Hall–Kier alpha value is -1.89. The number of carbonyl (C=O) groups is 1. The molecule has 1 amide bonds. The van der Waals surface area contributed by atoms with Crippen LogP contribution in [0.2, 0.25) is 5.02 Å². The summed E-state index contributed by atoms with van der Waals surface area (Å²) in [5.41, 5.74) is 1.79. The Labute approximate surface area is 153 Å². The molecule has 0 radical (unpaired) electrons. The van der Waals surface area contributed by atoms with Gasteiger partial charge in [-0.15, -0.1) is 17.9 Å². The maximum atomic E-state index is 12.6. The maximum absolute atomic E-state index is 12.6. The van der Waals surface area contributed by atoms with E-state index >= 15 is 0 Å². The highest BCUT2D eigenvalue weighted by molar-refractivity contribution is 8.18. The van der Waals surface area contributed by atoms with Gasteiger partial charge in [0.1, 0.15) is 0 Å². The average Bonchev–Trinajstić information content (AvgIpc) is 3.07. The van der Waals surface area contributed by atoms with Gasteiger partial charge in [0.05, 0.1) is 10.6 Å². The number of aromatic nitrogens is 1. The summed E-state index contributed by atoms with van der Waals surface area (Å²) in [6.07, 6.45) is 3.51. The van der Waals surface area contributed by atoms with Crippen LogP contribution in [0, 0.1) is 6.92 Å². The van der Waals surface area contributed by atoms with Gasteiger partial charge in [-0.2, -0.15) is 4.99 Å². The minimum absolute atomic E-state index is 0.0908. The molecule has 122 valence electrons. The molecule has 24 heavy (non-hydrogen) atoms. The third kappa shape index (κ3) is 3.77. The van der Waals surface area contributed by atoms with Gasteiger partial charge < -0.3 is 0 Å². The first-order valence-corrected chi connectivity index (χ1v) is 9.23. The zero-order valence-electron chi connectivity index (χ0n) is 12.9. The molecule has 1 aromatic heterocycles. The molecule has 2 heterocycles. The highest BCUT2D eigenvalue weighted by Gasteiger charge is 2.32. The Morgan fingerprint density at radius 3 is 2.96 bits per heavy atom. The Balaban J connectivity index is 1.95. The highest BCUT2D eigenvalue weighted by Crippen LogP contribution is 2.34. The molecular formula is C17H14ClN3OS2. The van der Waals surface area contributed by atoms with Crippen molar-refractivity contribution in [2.24, 2.45) is 4.99 Å². The first-order valence-electron chi connectivity index (χ1n) is 7.15. The van der Waals surface area contributed by atoms with E-state index in [1.165, 1.54) is 23.1 Å². The third-order valence-electron chi connectivity index (χ3n) is 3.14. The summed E-state index contributed by atoms with van der Waals surface area (Å²) in [4.78, 5) is 23.7. The summed E-state index contributed by atoms with van der Waals surface area (Å²) in [5, 5.41) is 3.82. The van der Waals surface area contributed by atoms with Crippen molar-refractivity contribution in [1.29, 1.82) is 0 Å². The predicted molar refractivity (Wildman–Crippen MR) is 103 cm³/mol. The Morgan fingerprint density at radius 2 is 2.29 bits per heavy atom. The number of carbonyl (C=O) groups excluding carboxylic acids is 1. The average molecular weight is 376 g/mol. The van der Waals surface area contributed by atoms with E-state index < -0.39 is 0 Å². The third-order valence-corrected chi connectivity index (χ3v) is 5.24. The lowest BCUT2D eigenvalue weighted by Crippen LogP contribution is -2.29. The number of amides is 1. The number of thioether (sulfide) groups is 1. The summed E-state index contributed by atoms with van der Waals surface area (Å²) in [7, 11) is 0. The van der Waals surface area contributed by atoms with Crippen LogP contribution in [0.3, 0.4) is 0 Å². The monoisotopic (exact) mass is 375 g/mol. The lowest BCUT2D eigenvalue weighted by Gasteiger charge is -2.11. The molecule has 0 bridgehead atoms. The maximum Gasteiger partial charge on any atom is 0.267 e. The number of amidine groups is 1. The van der Waals surface area contributed by atoms with Gasteiger partial charge in [0.2, 0.25) is 5.13 Å². The molecule has 0 aliphatic carbocycles. The fourth-order valence-electron chi connectivity index (χ4n) is 2.10. The van der Waals surface area contributed by atoms with Gasteiger partial charge in [0.25, 0.3) is 5.91 Å². The molecule has 1 aliphatic heterocycles. The van der Waals surface area contributed by atoms with Crippen LogP contribution in [-0.2, 0) is 4.79 Å². The lowest BCUT2D eigenvalue weighted by atomic mass is 10.2. The molecule has 0 N–H and O–H groups in total. The van der Waals surface area contributed by atoms with Crippen LogP contribution >= 0.6 is 34.7 Å². The van der Waals surface area contributed by atoms with Crippen molar-refractivity contribution in [1.82, 2.24) is 9.88 Å². The van der Waals surface area contributed by atoms with Gasteiger partial charge in [-0.1, -0.05) is 29.8 Å². The van der Waals surface area contributed by atoms with Crippen LogP contribution in [0.15, 0.2) is 52.2 Å². The molecule has 1 saturated heterocycles. The number of aryl methyl sites for hydroxylation is 1. The lowest BCUT2D eigenvalue weighted by molar-refractivity contribution is -0.121. The second-order valence-corrected chi connectivity index (χ2v) is 7.32. The molecule has 1 fully saturated rings. The van der Waals surface area contributed by atoms with E-state index in [0.29, 0.717) is 26.8 Å². The van der Waals surface area contributed by atoms with E-state index in [2.05, 4.69) is 16.6 Å². The van der Waals surface area contributed by atoms with Crippen LogP contribution in [0.1, 0.15) is 11.3 Å². The molecule has 4 nitrogen and oxygen atoms in total. The van der Waals surface area contributed by atoms with Crippen molar-refractivity contribution < 1.29 is 4.79 Å². The molecule has 0 saturated carbocycles. The number of hydrogen-bond donors (Lipinski definition) is 0. The van der Waals surface area contributed by atoms with E-state index in [1.54, 1.807) is 17.0 Å². The standard InChI is InChI=1S/C17H14ClN3OS2/c1-3-7-21-15(22)14(9-12-5-4-6-13(18)8-12)24-17(21)20-16-19-11(2)10-23-16/h3-6,8-10H,1,7H2,2H3/b14-9-,20-17+. The van der Waals surface area contributed by atoms with E-state index in [4.69, 9.17) is 11.6 Å². The van der Waals surface area contributed by atoms with Crippen LogP contribution in [0.5, 0.6) is 0 Å². The number of thiazole rings is 1. The number of rotatable bonds is 4. The molecule has 0 spiro atoms. The van der Waals surface area contributed by atoms with Gasteiger partial charge in [-0.05, 0) is 42.5 Å². The van der Waals surface area contributed by atoms with E-state index in [0.717, 1.165) is 11.3 Å². The zero-order chi connectivity index (χ0) is 17.1. The first-order chi connectivity index (χ1) is 11.6. The molecule has 0 atom stereocenters. The van der Waals surface area contributed by atoms with Crippen molar-refractivity contribution in [2.75, 3.05) is 6.54 Å². The van der Waals surface area contributed by atoms with Crippen LogP contribution in [0.25, 0.3) is 6.08 Å². The van der Waals surface area contributed by atoms with Crippen LogP contribution in [0.4, 0.5) is 5.13 Å². The van der Waals surface area contributed by atoms with Crippen molar-refractivity contribution in [3.8, 4) is 0 Å². The number of halogens is 1. The summed E-state index contributed by atoms with van der Waals surface area (Å²) < 4.78 is 0. The summed E-state index contributed by atoms with van der Waals surface area (Å²) in [5.74, 6) is -0.0908. The predicted octanol–water partition coefficient (Wildman–Crippen LogP) is 4.89. The molecule has 3 rings (SSSR count). The second kappa shape index (κ2) is 7.34. The SMILES string of the molecule is C=CCN1C(=O)/C(=C/c2cccc(Cl)c2)S/C1=N/c1nc(C)cs1. The normalized spacial score (nSPS) is 17.9. The Morgan fingerprint density at radius 1 is 1.46 bits per heavy atom.